The Kier molecular flexibility index (Phi) is 6.67. The lowest BCUT2D eigenvalue weighted by Crippen LogP contribution is -2.47. The van der Waals surface area contributed by atoms with Crippen LogP contribution in [0.5, 0.6) is 0 Å². The number of likely N-dealkylation sites (tertiary alicyclic amines) is 1. The summed E-state index contributed by atoms with van der Waals surface area (Å²) < 4.78 is 5.55. The van der Waals surface area contributed by atoms with Gasteiger partial charge in [0.05, 0.1) is 5.92 Å². The predicted octanol–water partition coefficient (Wildman–Crippen LogP) is 3.87. The summed E-state index contributed by atoms with van der Waals surface area (Å²) in [5.41, 5.74) is 4.61. The average Bonchev–Trinajstić information content (AvgIpc) is 3.11. The zero-order chi connectivity index (χ0) is 23.5. The first-order valence-corrected chi connectivity index (χ1v) is 11.5. The van der Waals surface area contributed by atoms with Gasteiger partial charge in [0.1, 0.15) is 6.61 Å². The van der Waals surface area contributed by atoms with Gasteiger partial charge in [0, 0.05) is 31.5 Å². The number of nitrogens with zero attached hydrogens (tertiary/aromatic N) is 1. The molecule has 1 saturated heterocycles. The molecule has 4 rings (SSSR count). The Morgan fingerprint density at radius 3 is 2.27 bits per heavy atom. The molecule has 0 saturated carbocycles. The molecule has 2 aromatic carbocycles. The average molecular weight is 451 g/mol. The van der Waals surface area contributed by atoms with Gasteiger partial charge in [-0.25, -0.2) is 4.79 Å². The highest BCUT2D eigenvalue weighted by Gasteiger charge is 2.33. The van der Waals surface area contributed by atoms with Crippen LogP contribution in [0.1, 0.15) is 43.7 Å². The minimum Gasteiger partial charge on any atom is -0.481 e. The number of nitrogens with one attached hydrogen (secondary N) is 1. The van der Waals surface area contributed by atoms with Crippen molar-refractivity contribution in [2.24, 2.45) is 11.8 Å². The fourth-order valence-corrected chi connectivity index (χ4v) is 5.02. The Labute approximate surface area is 193 Å². The SMILES string of the molecule is CC1CC(C(=O)O)CN(C(=O)C[C@@H](C)NC(=O)OCC2c3ccccc3-c3ccccc32)C1. The number of aliphatic carboxylic acids is 1. The maximum atomic E-state index is 12.7. The summed E-state index contributed by atoms with van der Waals surface area (Å²) >= 11 is 0. The number of alkyl carbamates (subject to hydrolysis) is 1. The van der Waals surface area contributed by atoms with Crippen LogP contribution < -0.4 is 5.32 Å². The van der Waals surface area contributed by atoms with E-state index in [4.69, 9.17) is 4.74 Å². The highest BCUT2D eigenvalue weighted by molar-refractivity contribution is 5.80. The molecule has 0 radical (unpaired) electrons. The molecule has 0 bridgehead atoms. The maximum absolute atomic E-state index is 12.7. The molecule has 1 heterocycles. The second-order valence-corrected chi connectivity index (χ2v) is 9.25. The van der Waals surface area contributed by atoms with Crippen LogP contribution in [0.15, 0.2) is 48.5 Å². The van der Waals surface area contributed by atoms with Gasteiger partial charge in [-0.1, -0.05) is 55.5 Å². The standard InChI is InChI=1S/C26H30N2O5/c1-16-11-18(25(30)31)14-28(13-16)24(29)12-17(2)27-26(32)33-15-23-21-9-5-3-7-19(21)20-8-4-6-10-22(20)23/h3-10,16-18,23H,11-15H2,1-2H3,(H,27,32)(H,30,31)/t16?,17-,18?/m1/s1. The molecule has 3 atom stereocenters. The zero-order valence-electron chi connectivity index (χ0n) is 19.0. The molecule has 0 spiro atoms. The first-order chi connectivity index (χ1) is 15.8. The van der Waals surface area contributed by atoms with E-state index in [9.17, 15) is 19.5 Å². The summed E-state index contributed by atoms with van der Waals surface area (Å²) in [7, 11) is 0. The molecule has 1 aliphatic heterocycles. The quantitative estimate of drug-likeness (QED) is 0.697. The van der Waals surface area contributed by atoms with Crippen molar-refractivity contribution < 1.29 is 24.2 Å². The molecule has 2 unspecified atom stereocenters. The Morgan fingerprint density at radius 2 is 1.67 bits per heavy atom. The van der Waals surface area contributed by atoms with Gasteiger partial charge in [0.2, 0.25) is 5.91 Å². The van der Waals surface area contributed by atoms with Crippen LogP contribution in [-0.2, 0) is 14.3 Å². The Hall–Kier alpha value is -3.35. The Morgan fingerprint density at radius 1 is 1.06 bits per heavy atom. The number of ether oxygens (including phenoxy) is 1. The lowest BCUT2D eigenvalue weighted by atomic mass is 9.90. The summed E-state index contributed by atoms with van der Waals surface area (Å²) in [5.74, 6) is -1.46. The number of fused-ring (bicyclic) bond motifs is 3. The minimum atomic E-state index is -0.871. The first-order valence-electron chi connectivity index (χ1n) is 11.5. The molecular formula is C26H30N2O5. The third kappa shape index (κ3) is 5.02. The number of benzene rings is 2. The van der Waals surface area contributed by atoms with E-state index >= 15 is 0 Å². The number of carbonyl (C=O) groups excluding carboxylic acids is 2. The van der Waals surface area contributed by atoms with E-state index in [0.29, 0.717) is 13.0 Å². The van der Waals surface area contributed by atoms with E-state index in [0.717, 1.165) is 22.3 Å². The van der Waals surface area contributed by atoms with Crippen molar-refractivity contribution in [2.75, 3.05) is 19.7 Å². The van der Waals surface area contributed by atoms with Gasteiger partial charge < -0.3 is 20.1 Å². The molecule has 1 aliphatic carbocycles. The largest absolute Gasteiger partial charge is 0.481 e. The first kappa shape index (κ1) is 22.8. The highest BCUT2D eigenvalue weighted by atomic mass is 16.5. The molecule has 2 aliphatic rings. The summed E-state index contributed by atoms with van der Waals surface area (Å²) in [6.45, 7) is 4.68. The highest BCUT2D eigenvalue weighted by Crippen LogP contribution is 2.44. The van der Waals surface area contributed by atoms with Gasteiger partial charge in [-0.05, 0) is 41.5 Å². The van der Waals surface area contributed by atoms with Crippen molar-refractivity contribution in [3.63, 3.8) is 0 Å². The van der Waals surface area contributed by atoms with Crippen LogP contribution in [0, 0.1) is 11.8 Å². The topological polar surface area (TPSA) is 95.9 Å². The molecule has 7 heteroatoms. The maximum Gasteiger partial charge on any atom is 0.407 e. The number of piperidine rings is 1. The molecule has 2 amide bonds. The monoisotopic (exact) mass is 450 g/mol. The van der Waals surface area contributed by atoms with Gasteiger partial charge in [-0.2, -0.15) is 0 Å². The van der Waals surface area contributed by atoms with E-state index in [-0.39, 0.29) is 37.3 Å². The predicted molar refractivity (Wildman–Crippen MR) is 124 cm³/mol. The number of amides is 2. The van der Waals surface area contributed by atoms with E-state index in [2.05, 4.69) is 29.6 Å². The molecule has 33 heavy (non-hydrogen) atoms. The number of hydrogen-bond donors (Lipinski definition) is 2. The molecule has 1 fully saturated rings. The van der Waals surface area contributed by atoms with Crippen LogP contribution >= 0.6 is 0 Å². The van der Waals surface area contributed by atoms with E-state index < -0.39 is 24.0 Å². The molecule has 2 N–H and O–H groups in total. The van der Waals surface area contributed by atoms with E-state index in [1.807, 2.05) is 31.2 Å². The number of carboxylic acid groups (broad SMARTS) is 1. The van der Waals surface area contributed by atoms with Gasteiger partial charge in [-0.15, -0.1) is 0 Å². The fourth-order valence-electron chi connectivity index (χ4n) is 5.02. The van der Waals surface area contributed by atoms with E-state index in [1.54, 1.807) is 11.8 Å². The van der Waals surface area contributed by atoms with Gasteiger partial charge >= 0.3 is 12.1 Å². The van der Waals surface area contributed by atoms with Crippen molar-refractivity contribution >= 4 is 18.0 Å². The smallest absolute Gasteiger partial charge is 0.407 e. The van der Waals surface area contributed by atoms with Crippen molar-refractivity contribution in [1.29, 1.82) is 0 Å². The van der Waals surface area contributed by atoms with Crippen LogP contribution in [0.4, 0.5) is 4.79 Å². The molecular weight excluding hydrogens is 420 g/mol. The van der Waals surface area contributed by atoms with Gasteiger partial charge in [0.15, 0.2) is 0 Å². The normalized spacial score (nSPS) is 20.5. The lowest BCUT2D eigenvalue weighted by Gasteiger charge is -2.35. The number of carboxylic acids is 1. The van der Waals surface area contributed by atoms with Crippen molar-refractivity contribution in [3.8, 4) is 11.1 Å². The van der Waals surface area contributed by atoms with Gasteiger partial charge in [0.25, 0.3) is 0 Å². The van der Waals surface area contributed by atoms with Crippen LogP contribution in [0.3, 0.4) is 0 Å². The Balaban J connectivity index is 1.31. The fraction of sp³-hybridized carbons (Fsp3) is 0.423. The second-order valence-electron chi connectivity index (χ2n) is 9.25. The summed E-state index contributed by atoms with van der Waals surface area (Å²) in [6, 6.07) is 15.9. The number of carbonyl (C=O) groups is 3. The molecule has 0 aromatic heterocycles. The van der Waals surface area contributed by atoms with Crippen molar-refractivity contribution in [1.82, 2.24) is 10.2 Å². The summed E-state index contributed by atoms with van der Waals surface area (Å²) in [4.78, 5) is 38.1. The summed E-state index contributed by atoms with van der Waals surface area (Å²) in [6.07, 6.45) is 0.114. The minimum absolute atomic E-state index is 0.0251. The van der Waals surface area contributed by atoms with Crippen molar-refractivity contribution in [3.05, 3.63) is 59.7 Å². The van der Waals surface area contributed by atoms with Crippen LogP contribution in [0.2, 0.25) is 0 Å². The number of rotatable bonds is 6. The van der Waals surface area contributed by atoms with E-state index in [1.165, 1.54) is 0 Å². The molecule has 7 nitrogen and oxygen atoms in total. The zero-order valence-corrected chi connectivity index (χ0v) is 19.0. The van der Waals surface area contributed by atoms with Crippen LogP contribution in [-0.4, -0.2) is 53.7 Å². The van der Waals surface area contributed by atoms with Crippen molar-refractivity contribution in [2.45, 2.75) is 38.6 Å². The summed E-state index contributed by atoms with van der Waals surface area (Å²) in [5, 5.41) is 12.1. The third-order valence-corrected chi connectivity index (χ3v) is 6.55. The lowest BCUT2D eigenvalue weighted by molar-refractivity contribution is -0.147. The third-order valence-electron chi connectivity index (χ3n) is 6.55. The number of hydrogen-bond acceptors (Lipinski definition) is 4. The molecule has 174 valence electrons. The van der Waals surface area contributed by atoms with Crippen LogP contribution in [0.25, 0.3) is 11.1 Å². The molecule has 2 aromatic rings. The van der Waals surface area contributed by atoms with Gasteiger partial charge in [-0.3, -0.25) is 9.59 Å². The Bertz CT molecular complexity index is 1010. The second kappa shape index (κ2) is 9.65.